The first-order chi connectivity index (χ1) is 13.1. The first-order valence-corrected chi connectivity index (χ1v) is 9.00. The Balaban J connectivity index is 1.55. The van der Waals surface area contributed by atoms with Gasteiger partial charge >= 0.3 is 0 Å². The standard InChI is InChI=1S/C22H17ClN2O2/c1-14(27-16-8-6-7-15(23)13-16)22(26)25-24-21-19-11-4-2-9-17(19)18-10-3-5-12-20(18)21/h2-14H,1H3,(H,25,26)/t14-/m0/s1. The average Bonchev–Trinajstić information content (AvgIpc) is 3.00. The number of hydrogen-bond acceptors (Lipinski definition) is 3. The largest absolute Gasteiger partial charge is 0.481 e. The molecule has 0 fully saturated rings. The quantitative estimate of drug-likeness (QED) is 0.527. The van der Waals surface area contributed by atoms with Crippen molar-refractivity contribution in [1.82, 2.24) is 5.43 Å². The number of amides is 1. The molecule has 4 rings (SSSR count). The van der Waals surface area contributed by atoms with Crippen molar-refractivity contribution >= 4 is 23.2 Å². The van der Waals surface area contributed by atoms with Crippen molar-refractivity contribution in [3.05, 3.63) is 88.9 Å². The molecule has 0 unspecified atom stereocenters. The summed E-state index contributed by atoms with van der Waals surface area (Å²) in [5.41, 5.74) is 7.62. The fourth-order valence-electron chi connectivity index (χ4n) is 3.11. The van der Waals surface area contributed by atoms with Crippen LogP contribution in [0.5, 0.6) is 5.75 Å². The predicted molar refractivity (Wildman–Crippen MR) is 107 cm³/mol. The lowest BCUT2D eigenvalue weighted by Gasteiger charge is -2.13. The Kier molecular flexibility index (Phi) is 4.65. The number of fused-ring (bicyclic) bond motifs is 3. The Labute approximate surface area is 162 Å². The van der Waals surface area contributed by atoms with Gasteiger partial charge < -0.3 is 4.74 Å². The fraction of sp³-hybridized carbons (Fsp3) is 0.0909. The first-order valence-electron chi connectivity index (χ1n) is 8.62. The third kappa shape index (κ3) is 3.44. The maximum atomic E-state index is 12.4. The molecule has 0 aliphatic heterocycles. The smallest absolute Gasteiger partial charge is 0.280 e. The highest BCUT2D eigenvalue weighted by Crippen LogP contribution is 2.36. The molecule has 0 saturated heterocycles. The number of halogens is 1. The van der Waals surface area contributed by atoms with Gasteiger partial charge in [0.15, 0.2) is 6.10 Å². The van der Waals surface area contributed by atoms with Crippen molar-refractivity contribution < 1.29 is 9.53 Å². The molecule has 0 spiro atoms. The normalized spacial score (nSPS) is 12.7. The van der Waals surface area contributed by atoms with Crippen molar-refractivity contribution in [2.75, 3.05) is 0 Å². The molecular weight excluding hydrogens is 360 g/mol. The van der Waals surface area contributed by atoms with E-state index in [0.717, 1.165) is 28.0 Å². The minimum absolute atomic E-state index is 0.329. The highest BCUT2D eigenvalue weighted by molar-refractivity contribution is 6.30. The molecular formula is C22H17ClN2O2. The zero-order valence-electron chi connectivity index (χ0n) is 14.6. The summed E-state index contributed by atoms with van der Waals surface area (Å²) < 4.78 is 5.65. The van der Waals surface area contributed by atoms with Gasteiger partial charge in [-0.3, -0.25) is 4.79 Å². The Bertz CT molecular complexity index is 998. The monoisotopic (exact) mass is 376 g/mol. The van der Waals surface area contributed by atoms with Gasteiger partial charge in [-0.25, -0.2) is 5.43 Å². The molecule has 134 valence electrons. The van der Waals surface area contributed by atoms with Gasteiger partial charge in [-0.1, -0.05) is 66.2 Å². The number of nitrogens with zero attached hydrogens (tertiary/aromatic N) is 1. The highest BCUT2D eigenvalue weighted by atomic mass is 35.5. The van der Waals surface area contributed by atoms with E-state index in [-0.39, 0.29) is 5.91 Å². The van der Waals surface area contributed by atoms with Crippen LogP contribution in [0, 0.1) is 0 Å². The summed E-state index contributed by atoms with van der Waals surface area (Å²) in [5, 5.41) is 4.95. The summed E-state index contributed by atoms with van der Waals surface area (Å²) in [7, 11) is 0. The maximum absolute atomic E-state index is 12.4. The Morgan fingerprint density at radius 1 is 0.926 bits per heavy atom. The second-order valence-electron chi connectivity index (χ2n) is 6.25. The Hall–Kier alpha value is -3.11. The topological polar surface area (TPSA) is 50.7 Å². The van der Waals surface area contributed by atoms with Crippen molar-refractivity contribution in [3.8, 4) is 16.9 Å². The third-order valence-electron chi connectivity index (χ3n) is 4.41. The number of benzene rings is 3. The van der Waals surface area contributed by atoms with Gasteiger partial charge in [0.1, 0.15) is 5.75 Å². The number of rotatable bonds is 4. The van der Waals surface area contributed by atoms with Crippen LogP contribution < -0.4 is 10.2 Å². The second-order valence-corrected chi connectivity index (χ2v) is 6.68. The average molecular weight is 377 g/mol. The Morgan fingerprint density at radius 3 is 2.11 bits per heavy atom. The van der Waals surface area contributed by atoms with Crippen LogP contribution in [0.25, 0.3) is 11.1 Å². The minimum atomic E-state index is -0.709. The van der Waals surface area contributed by atoms with E-state index in [1.165, 1.54) is 0 Å². The lowest BCUT2D eigenvalue weighted by molar-refractivity contribution is -0.127. The zero-order valence-corrected chi connectivity index (χ0v) is 15.4. The number of carbonyl (C=O) groups is 1. The summed E-state index contributed by atoms with van der Waals surface area (Å²) >= 11 is 5.95. The molecule has 1 aliphatic carbocycles. The second kappa shape index (κ2) is 7.25. The summed E-state index contributed by atoms with van der Waals surface area (Å²) in [6, 6.07) is 23.0. The molecule has 27 heavy (non-hydrogen) atoms. The zero-order chi connectivity index (χ0) is 18.8. The van der Waals surface area contributed by atoms with Gasteiger partial charge in [-0.15, -0.1) is 0 Å². The van der Waals surface area contributed by atoms with E-state index in [0.29, 0.717) is 10.8 Å². The van der Waals surface area contributed by atoms with E-state index in [9.17, 15) is 4.79 Å². The van der Waals surface area contributed by atoms with Crippen molar-refractivity contribution in [1.29, 1.82) is 0 Å². The molecule has 0 radical (unpaired) electrons. The van der Waals surface area contributed by atoms with Crippen LogP contribution in [0.2, 0.25) is 5.02 Å². The molecule has 0 aromatic heterocycles. The number of ether oxygens (including phenoxy) is 1. The van der Waals surface area contributed by atoms with Gasteiger partial charge in [0, 0.05) is 16.1 Å². The van der Waals surface area contributed by atoms with Gasteiger partial charge in [0.2, 0.25) is 0 Å². The SMILES string of the molecule is C[C@H](Oc1cccc(Cl)c1)C(=O)NN=C1c2ccccc2-c2ccccc21. The number of carbonyl (C=O) groups excluding carboxylic acids is 1. The molecule has 1 atom stereocenters. The lowest BCUT2D eigenvalue weighted by Crippen LogP contribution is -2.34. The van der Waals surface area contributed by atoms with E-state index in [2.05, 4.69) is 22.7 Å². The molecule has 0 heterocycles. The van der Waals surface area contributed by atoms with E-state index >= 15 is 0 Å². The van der Waals surface area contributed by atoms with Crippen LogP contribution >= 0.6 is 11.6 Å². The van der Waals surface area contributed by atoms with Crippen LogP contribution in [-0.4, -0.2) is 17.7 Å². The van der Waals surface area contributed by atoms with Gasteiger partial charge in [-0.2, -0.15) is 5.10 Å². The summed E-state index contributed by atoms with van der Waals surface area (Å²) in [6.07, 6.45) is -0.709. The molecule has 0 saturated carbocycles. The number of nitrogens with one attached hydrogen (secondary N) is 1. The molecule has 5 heteroatoms. The number of hydrazone groups is 1. The van der Waals surface area contributed by atoms with Crippen molar-refractivity contribution in [2.45, 2.75) is 13.0 Å². The third-order valence-corrected chi connectivity index (χ3v) is 4.65. The van der Waals surface area contributed by atoms with Crippen LogP contribution in [0.15, 0.2) is 77.9 Å². The minimum Gasteiger partial charge on any atom is -0.481 e. The van der Waals surface area contributed by atoms with E-state index < -0.39 is 6.10 Å². The van der Waals surface area contributed by atoms with Crippen LogP contribution in [-0.2, 0) is 4.79 Å². The number of hydrogen-bond donors (Lipinski definition) is 1. The van der Waals surface area contributed by atoms with Gasteiger partial charge in [0.25, 0.3) is 5.91 Å². The summed E-state index contributed by atoms with van der Waals surface area (Å²) in [5.74, 6) is 0.207. The summed E-state index contributed by atoms with van der Waals surface area (Å²) in [4.78, 5) is 12.4. The Morgan fingerprint density at radius 2 is 1.52 bits per heavy atom. The maximum Gasteiger partial charge on any atom is 0.280 e. The fourth-order valence-corrected chi connectivity index (χ4v) is 3.29. The van der Waals surface area contributed by atoms with Crippen molar-refractivity contribution in [2.24, 2.45) is 5.10 Å². The van der Waals surface area contributed by atoms with Crippen LogP contribution in [0.4, 0.5) is 0 Å². The molecule has 1 aliphatic rings. The predicted octanol–water partition coefficient (Wildman–Crippen LogP) is 4.66. The van der Waals surface area contributed by atoms with E-state index in [1.807, 2.05) is 36.4 Å². The van der Waals surface area contributed by atoms with Crippen LogP contribution in [0.3, 0.4) is 0 Å². The lowest BCUT2D eigenvalue weighted by atomic mass is 10.1. The molecule has 3 aromatic carbocycles. The highest BCUT2D eigenvalue weighted by Gasteiger charge is 2.24. The van der Waals surface area contributed by atoms with Gasteiger partial charge in [-0.05, 0) is 36.2 Å². The van der Waals surface area contributed by atoms with Crippen molar-refractivity contribution in [3.63, 3.8) is 0 Å². The molecule has 1 N–H and O–H groups in total. The first kappa shape index (κ1) is 17.3. The van der Waals surface area contributed by atoms with Crippen LogP contribution in [0.1, 0.15) is 18.1 Å². The molecule has 0 bridgehead atoms. The molecule has 1 amide bonds. The summed E-state index contributed by atoms with van der Waals surface area (Å²) in [6.45, 7) is 1.67. The van der Waals surface area contributed by atoms with E-state index in [4.69, 9.17) is 16.3 Å². The van der Waals surface area contributed by atoms with Gasteiger partial charge in [0.05, 0.1) is 5.71 Å². The van der Waals surface area contributed by atoms with E-state index in [1.54, 1.807) is 31.2 Å². The molecule has 3 aromatic rings. The molecule has 4 nitrogen and oxygen atoms in total.